The Kier molecular flexibility index (Phi) is 5.30. The van der Waals surface area contributed by atoms with E-state index in [1.165, 1.54) is 34.9 Å². The maximum atomic E-state index is 13.1. The number of rotatable bonds is 7. The van der Waals surface area contributed by atoms with Crippen LogP contribution in [0, 0.1) is 5.95 Å². The van der Waals surface area contributed by atoms with Crippen molar-refractivity contribution >= 4 is 38.6 Å². The number of thiazole rings is 1. The molecule has 0 unspecified atom stereocenters. The first-order chi connectivity index (χ1) is 17.1. The van der Waals surface area contributed by atoms with Gasteiger partial charge in [0.2, 0.25) is 10.9 Å². The maximum Gasteiger partial charge on any atom is 0.294 e. The largest absolute Gasteiger partial charge is 0.496 e. The summed E-state index contributed by atoms with van der Waals surface area (Å²) in [7, 11) is 3.15. The van der Waals surface area contributed by atoms with E-state index in [2.05, 4.69) is 20.1 Å². The van der Waals surface area contributed by atoms with Crippen molar-refractivity contribution in [2.24, 2.45) is 0 Å². The summed E-state index contributed by atoms with van der Waals surface area (Å²) in [6, 6.07) is 8.44. The zero-order chi connectivity index (χ0) is 23.9. The monoisotopic (exact) mass is 509 g/mol. The van der Waals surface area contributed by atoms with Crippen LogP contribution >= 0.6 is 22.7 Å². The molecule has 0 aliphatic carbocycles. The molecule has 0 spiro atoms. The minimum atomic E-state index is -0.526. The Morgan fingerprint density at radius 3 is 2.80 bits per heavy atom. The van der Waals surface area contributed by atoms with E-state index in [0.717, 1.165) is 21.7 Å². The molecule has 1 aromatic carbocycles. The summed E-state index contributed by atoms with van der Waals surface area (Å²) in [5.41, 5.74) is 2.73. The van der Waals surface area contributed by atoms with E-state index in [-0.39, 0.29) is 6.61 Å². The molecule has 0 saturated heterocycles. The second-order valence-corrected chi connectivity index (χ2v) is 9.15. The lowest BCUT2D eigenvalue weighted by Gasteiger charge is -2.07. The maximum absolute atomic E-state index is 13.1. The van der Waals surface area contributed by atoms with Crippen molar-refractivity contribution in [3.8, 4) is 38.7 Å². The normalized spacial score (nSPS) is 11.4. The zero-order valence-corrected chi connectivity index (χ0v) is 20.0. The minimum Gasteiger partial charge on any atom is -0.496 e. The summed E-state index contributed by atoms with van der Waals surface area (Å²) in [5.74, 6) is 1.24. The summed E-state index contributed by atoms with van der Waals surface area (Å²) in [5, 5.41) is 8.25. The van der Waals surface area contributed by atoms with E-state index < -0.39 is 5.95 Å². The Morgan fingerprint density at radius 1 is 1.11 bits per heavy atom. The Morgan fingerprint density at radius 2 is 2.03 bits per heavy atom. The lowest BCUT2D eigenvalue weighted by molar-refractivity contribution is 0.303. The Bertz CT molecular complexity index is 1620. The number of fused-ring (bicyclic) bond motifs is 2. The van der Waals surface area contributed by atoms with Crippen molar-refractivity contribution < 1.29 is 23.0 Å². The van der Waals surface area contributed by atoms with Crippen LogP contribution in [0.15, 0.2) is 52.5 Å². The standard InChI is InChI=1S/C23H16FN5O4S2/c1-30-14-5-17(32-10-13-11-34-21(26-13)12-3-4-20(24)25-8-12)15-7-19(33-18(15)6-14)16-9-29-22(27-16)35-23(28-29)31-2/h3-9,11H,10H2,1-2H3. The second kappa shape index (κ2) is 8.64. The first kappa shape index (κ1) is 21.5. The topological polar surface area (TPSA) is 96.8 Å². The van der Waals surface area contributed by atoms with Crippen LogP contribution in [0.3, 0.4) is 0 Å². The van der Waals surface area contributed by atoms with Gasteiger partial charge in [0.05, 0.1) is 31.5 Å². The molecule has 35 heavy (non-hydrogen) atoms. The number of nitrogens with zero attached hydrogens (tertiary/aromatic N) is 5. The van der Waals surface area contributed by atoms with Gasteiger partial charge >= 0.3 is 0 Å². The Balaban J connectivity index is 1.28. The van der Waals surface area contributed by atoms with Crippen LogP contribution < -0.4 is 14.2 Å². The molecule has 6 aromatic rings. The first-order valence-corrected chi connectivity index (χ1v) is 12.0. The molecule has 0 atom stereocenters. The fraction of sp³-hybridized carbons (Fsp3) is 0.130. The third kappa shape index (κ3) is 4.06. The van der Waals surface area contributed by atoms with Gasteiger partial charge < -0.3 is 18.6 Å². The molecule has 0 fully saturated rings. The van der Waals surface area contributed by atoms with Crippen LogP contribution in [0.25, 0.3) is 38.0 Å². The van der Waals surface area contributed by atoms with Crippen LogP contribution in [-0.4, -0.2) is 38.8 Å². The average Bonchev–Trinajstić information content (AvgIpc) is 3.65. The van der Waals surface area contributed by atoms with Gasteiger partial charge in [0.15, 0.2) is 5.76 Å². The number of imidazole rings is 1. The van der Waals surface area contributed by atoms with Gasteiger partial charge in [0.1, 0.15) is 34.4 Å². The summed E-state index contributed by atoms with van der Waals surface area (Å²) < 4.78 is 37.5. The number of ether oxygens (including phenoxy) is 3. The molecule has 176 valence electrons. The SMILES string of the molecule is COc1cc(OCc2csc(-c3ccc(F)nc3)n2)c2cc(-c3cn4nc(OC)sc4n3)oc2c1. The van der Waals surface area contributed by atoms with Crippen LogP contribution in [0.4, 0.5) is 4.39 Å². The van der Waals surface area contributed by atoms with Crippen molar-refractivity contribution in [3.05, 3.63) is 59.7 Å². The van der Waals surface area contributed by atoms with Crippen LogP contribution in [-0.2, 0) is 6.61 Å². The highest BCUT2D eigenvalue weighted by molar-refractivity contribution is 7.18. The molecule has 0 amide bonds. The van der Waals surface area contributed by atoms with E-state index in [1.807, 2.05) is 11.4 Å². The molecule has 0 aliphatic heterocycles. The molecule has 0 bridgehead atoms. The van der Waals surface area contributed by atoms with Crippen molar-refractivity contribution in [2.45, 2.75) is 6.61 Å². The van der Waals surface area contributed by atoms with Crippen molar-refractivity contribution in [2.75, 3.05) is 14.2 Å². The van der Waals surface area contributed by atoms with Crippen molar-refractivity contribution in [1.29, 1.82) is 0 Å². The van der Waals surface area contributed by atoms with Gasteiger partial charge in [-0.3, -0.25) is 0 Å². The van der Waals surface area contributed by atoms with Crippen LogP contribution in [0.2, 0.25) is 0 Å². The van der Waals surface area contributed by atoms with E-state index in [9.17, 15) is 4.39 Å². The highest BCUT2D eigenvalue weighted by Crippen LogP contribution is 2.37. The highest BCUT2D eigenvalue weighted by Gasteiger charge is 2.17. The number of hydrogen-bond donors (Lipinski definition) is 0. The predicted molar refractivity (Wildman–Crippen MR) is 129 cm³/mol. The summed E-state index contributed by atoms with van der Waals surface area (Å²) >= 11 is 2.78. The predicted octanol–water partition coefficient (Wildman–Crippen LogP) is 5.46. The number of halogens is 1. The molecular formula is C23H16FN5O4S2. The molecular weight excluding hydrogens is 493 g/mol. The number of hydrogen-bond acceptors (Lipinski definition) is 10. The summed E-state index contributed by atoms with van der Waals surface area (Å²) in [6.07, 6.45) is 3.24. The van der Waals surface area contributed by atoms with E-state index in [1.54, 1.807) is 43.1 Å². The summed E-state index contributed by atoms with van der Waals surface area (Å²) in [4.78, 5) is 13.5. The molecule has 6 rings (SSSR count). The molecule has 5 aromatic heterocycles. The number of methoxy groups -OCH3 is 2. The number of benzene rings is 1. The second-order valence-electron chi connectivity index (χ2n) is 7.38. The van der Waals surface area contributed by atoms with Gasteiger partial charge in [0, 0.05) is 29.3 Å². The van der Waals surface area contributed by atoms with Gasteiger partial charge in [-0.1, -0.05) is 0 Å². The highest BCUT2D eigenvalue weighted by atomic mass is 32.1. The fourth-order valence-electron chi connectivity index (χ4n) is 3.49. The molecule has 0 radical (unpaired) electrons. The molecule has 0 saturated carbocycles. The molecule has 0 aliphatic rings. The third-order valence-electron chi connectivity index (χ3n) is 5.16. The van der Waals surface area contributed by atoms with Crippen molar-refractivity contribution in [1.82, 2.24) is 24.6 Å². The van der Waals surface area contributed by atoms with Gasteiger partial charge in [-0.25, -0.2) is 19.5 Å². The Labute approximate surface area is 205 Å². The third-order valence-corrected chi connectivity index (χ3v) is 6.99. The first-order valence-electron chi connectivity index (χ1n) is 10.3. The van der Waals surface area contributed by atoms with Gasteiger partial charge in [-0.2, -0.15) is 4.39 Å². The quantitative estimate of drug-likeness (QED) is 0.262. The smallest absolute Gasteiger partial charge is 0.294 e. The molecule has 0 N–H and O–H groups in total. The van der Waals surface area contributed by atoms with Gasteiger partial charge in [-0.15, -0.1) is 16.4 Å². The average molecular weight is 510 g/mol. The lowest BCUT2D eigenvalue weighted by atomic mass is 10.2. The van der Waals surface area contributed by atoms with E-state index >= 15 is 0 Å². The zero-order valence-electron chi connectivity index (χ0n) is 18.4. The van der Waals surface area contributed by atoms with Gasteiger partial charge in [-0.05, 0) is 29.5 Å². The molecule has 12 heteroatoms. The van der Waals surface area contributed by atoms with E-state index in [0.29, 0.717) is 38.7 Å². The van der Waals surface area contributed by atoms with Crippen LogP contribution in [0.5, 0.6) is 16.7 Å². The van der Waals surface area contributed by atoms with Crippen molar-refractivity contribution in [3.63, 3.8) is 0 Å². The molecule has 9 nitrogen and oxygen atoms in total. The number of pyridine rings is 1. The van der Waals surface area contributed by atoms with Gasteiger partial charge in [0.25, 0.3) is 5.19 Å². The Hall–Kier alpha value is -4.03. The lowest BCUT2D eigenvalue weighted by Crippen LogP contribution is -1.97. The number of furan rings is 1. The minimum absolute atomic E-state index is 0.234. The number of aromatic nitrogens is 5. The molecule has 5 heterocycles. The van der Waals surface area contributed by atoms with E-state index in [4.69, 9.17) is 18.6 Å². The fourth-order valence-corrected chi connectivity index (χ4v) is 4.98. The van der Waals surface area contributed by atoms with Crippen LogP contribution in [0.1, 0.15) is 5.69 Å². The summed E-state index contributed by atoms with van der Waals surface area (Å²) in [6.45, 7) is 0.234.